The number of anilines is 3. The van der Waals surface area contributed by atoms with Gasteiger partial charge < -0.3 is 21.5 Å². The van der Waals surface area contributed by atoms with Crippen molar-refractivity contribution < 1.29 is 0 Å². The van der Waals surface area contributed by atoms with Crippen LogP contribution in [-0.2, 0) is 0 Å². The number of pyridine rings is 1. The lowest BCUT2D eigenvalue weighted by atomic mass is 10.0. The van der Waals surface area contributed by atoms with E-state index in [4.69, 9.17) is 46.4 Å². The molecule has 11 heteroatoms. The second-order valence-electron chi connectivity index (χ2n) is 7.89. The third-order valence-corrected chi connectivity index (χ3v) is 6.85. The average Bonchev–Trinajstić information content (AvgIpc) is 3.40. The van der Waals surface area contributed by atoms with E-state index in [0.29, 0.717) is 47.9 Å². The Labute approximate surface area is 227 Å². The number of halogens is 4. The fourth-order valence-electron chi connectivity index (χ4n) is 3.86. The topological polar surface area (TPSA) is 96.8 Å². The van der Waals surface area contributed by atoms with Crippen LogP contribution >= 0.6 is 46.4 Å². The number of hydrogen-bond acceptors (Lipinski definition) is 7. The summed E-state index contributed by atoms with van der Waals surface area (Å²) in [6, 6.07) is 18.3. The normalized spacial score (nSPS) is 13.4. The molecule has 1 aliphatic rings. The third-order valence-electron chi connectivity index (χ3n) is 5.57. The van der Waals surface area contributed by atoms with Gasteiger partial charge in [-0.3, -0.25) is 4.98 Å². The van der Waals surface area contributed by atoms with Gasteiger partial charge in [0, 0.05) is 34.2 Å². The van der Waals surface area contributed by atoms with Crippen molar-refractivity contribution in [2.75, 3.05) is 10.6 Å². The lowest BCUT2D eigenvalue weighted by Crippen LogP contribution is -2.33. The van der Waals surface area contributed by atoms with Gasteiger partial charge in [0.15, 0.2) is 0 Å². The van der Waals surface area contributed by atoms with Crippen LogP contribution < -0.4 is 27.0 Å². The van der Waals surface area contributed by atoms with Crippen LogP contribution in [0, 0.1) is 11.3 Å². The zero-order chi connectivity index (χ0) is 25.2. The summed E-state index contributed by atoms with van der Waals surface area (Å²) >= 11 is 25.0. The van der Waals surface area contributed by atoms with Crippen molar-refractivity contribution in [3.8, 4) is 6.07 Å². The van der Waals surface area contributed by atoms with Crippen molar-refractivity contribution in [3.05, 3.63) is 104 Å². The molecule has 36 heavy (non-hydrogen) atoms. The van der Waals surface area contributed by atoms with Gasteiger partial charge in [0.1, 0.15) is 6.07 Å². The van der Waals surface area contributed by atoms with E-state index < -0.39 is 0 Å². The standard InChI is InChI=1S/C25H17Cl4N7/c26-15-3-1-13(2-4-15)24(22-12-32-36-35-22)34-17-7-18-23(33-16-5-6-19(27)20(28)8-16)14(10-30)11-31-25(18)21(29)9-17/h1-9,11-12,24,32,34-36H,(H,31,33)/t24-/m0/s1. The van der Waals surface area contributed by atoms with E-state index in [1.807, 2.05) is 36.5 Å². The van der Waals surface area contributed by atoms with Crippen LogP contribution in [-0.4, -0.2) is 4.98 Å². The van der Waals surface area contributed by atoms with E-state index in [2.05, 4.69) is 38.1 Å². The summed E-state index contributed by atoms with van der Waals surface area (Å²) in [5, 5.41) is 19.1. The minimum Gasteiger partial charge on any atom is -0.373 e. The second kappa shape index (κ2) is 10.3. The van der Waals surface area contributed by atoms with E-state index in [1.54, 1.807) is 24.3 Å². The number of rotatable bonds is 6. The predicted octanol–water partition coefficient (Wildman–Crippen LogP) is 7.07. The minimum absolute atomic E-state index is 0.267. The van der Waals surface area contributed by atoms with E-state index in [9.17, 15) is 5.26 Å². The molecule has 1 aliphatic heterocycles. The summed E-state index contributed by atoms with van der Waals surface area (Å²) in [5.41, 5.74) is 13.5. The number of nitrogens with one attached hydrogen (secondary N) is 5. The maximum atomic E-state index is 9.79. The lowest BCUT2D eigenvalue weighted by molar-refractivity contribution is 0.583. The highest BCUT2D eigenvalue weighted by Gasteiger charge is 2.21. The SMILES string of the molecule is N#Cc1cnc2c(Cl)cc(N[C@H](C3=CNNN3)c3ccc(Cl)cc3)cc2c1Nc1ccc(Cl)c(Cl)c1. The van der Waals surface area contributed by atoms with Gasteiger partial charge in [-0.05, 0) is 48.0 Å². The van der Waals surface area contributed by atoms with Gasteiger partial charge in [0.05, 0.1) is 43.6 Å². The molecule has 0 fully saturated rings. The predicted molar refractivity (Wildman–Crippen MR) is 147 cm³/mol. The molecule has 180 valence electrons. The maximum absolute atomic E-state index is 9.79. The molecule has 1 aromatic heterocycles. The summed E-state index contributed by atoms with van der Waals surface area (Å²) in [6.07, 6.45) is 3.31. The van der Waals surface area contributed by atoms with Gasteiger partial charge in [-0.15, -0.1) is 0 Å². The number of hydrogen-bond donors (Lipinski definition) is 5. The van der Waals surface area contributed by atoms with Crippen molar-refractivity contribution in [1.29, 1.82) is 5.26 Å². The van der Waals surface area contributed by atoms with Crippen LogP contribution in [0.15, 0.2) is 72.7 Å². The van der Waals surface area contributed by atoms with Gasteiger partial charge in [-0.1, -0.05) is 58.5 Å². The van der Waals surface area contributed by atoms with Crippen molar-refractivity contribution in [3.63, 3.8) is 0 Å². The van der Waals surface area contributed by atoms with E-state index >= 15 is 0 Å². The van der Waals surface area contributed by atoms with Crippen LogP contribution in [0.25, 0.3) is 10.9 Å². The fourth-order valence-corrected chi connectivity index (χ4v) is 4.55. The van der Waals surface area contributed by atoms with E-state index in [-0.39, 0.29) is 6.04 Å². The maximum Gasteiger partial charge on any atom is 0.103 e. The first-order valence-corrected chi connectivity index (χ1v) is 12.2. The number of fused-ring (bicyclic) bond motifs is 1. The molecule has 0 saturated heterocycles. The fraction of sp³-hybridized carbons (Fsp3) is 0.0400. The molecular weight excluding hydrogens is 540 g/mol. The molecule has 1 atom stereocenters. The number of aromatic nitrogens is 1. The van der Waals surface area contributed by atoms with Crippen LogP contribution in [0.3, 0.4) is 0 Å². The van der Waals surface area contributed by atoms with Gasteiger partial charge in [0.2, 0.25) is 0 Å². The van der Waals surface area contributed by atoms with Gasteiger partial charge in [-0.25, -0.2) is 0 Å². The molecule has 4 aromatic rings. The van der Waals surface area contributed by atoms with E-state index in [1.165, 1.54) is 6.20 Å². The molecule has 2 heterocycles. The largest absolute Gasteiger partial charge is 0.373 e. The Morgan fingerprint density at radius 2 is 1.67 bits per heavy atom. The van der Waals surface area contributed by atoms with Crippen LogP contribution in [0.4, 0.5) is 17.1 Å². The summed E-state index contributed by atoms with van der Waals surface area (Å²) < 4.78 is 0. The molecule has 0 spiro atoms. The number of nitrogens with zero attached hydrogens (tertiary/aromatic N) is 2. The molecule has 7 nitrogen and oxygen atoms in total. The van der Waals surface area contributed by atoms with Gasteiger partial charge in [-0.2, -0.15) is 10.8 Å². The van der Waals surface area contributed by atoms with Crippen molar-refractivity contribution >= 4 is 74.4 Å². The molecule has 0 saturated carbocycles. The quantitative estimate of drug-likeness (QED) is 0.173. The van der Waals surface area contributed by atoms with Crippen LogP contribution in [0.1, 0.15) is 17.2 Å². The Morgan fingerprint density at radius 1 is 0.889 bits per heavy atom. The van der Waals surface area contributed by atoms with E-state index in [0.717, 1.165) is 16.9 Å². The molecule has 0 amide bonds. The number of benzene rings is 3. The minimum atomic E-state index is -0.267. The zero-order valence-electron chi connectivity index (χ0n) is 18.3. The summed E-state index contributed by atoms with van der Waals surface area (Å²) in [7, 11) is 0. The second-order valence-corrected chi connectivity index (χ2v) is 9.55. The summed E-state index contributed by atoms with van der Waals surface area (Å²) in [6.45, 7) is 0. The number of hydrazine groups is 2. The zero-order valence-corrected chi connectivity index (χ0v) is 21.4. The highest BCUT2D eigenvalue weighted by molar-refractivity contribution is 6.42. The highest BCUT2D eigenvalue weighted by Crippen LogP contribution is 2.37. The summed E-state index contributed by atoms with van der Waals surface area (Å²) in [5.74, 6) is 0. The lowest BCUT2D eigenvalue weighted by Gasteiger charge is -2.22. The highest BCUT2D eigenvalue weighted by atomic mass is 35.5. The molecule has 0 unspecified atom stereocenters. The molecule has 0 aliphatic carbocycles. The van der Waals surface area contributed by atoms with Gasteiger partial charge in [0.25, 0.3) is 0 Å². The molecule has 0 bridgehead atoms. The monoisotopic (exact) mass is 555 g/mol. The third kappa shape index (κ3) is 4.96. The Morgan fingerprint density at radius 3 is 2.36 bits per heavy atom. The molecule has 5 rings (SSSR count). The van der Waals surface area contributed by atoms with Crippen LogP contribution in [0.2, 0.25) is 20.1 Å². The Balaban J connectivity index is 1.59. The molecule has 5 N–H and O–H groups in total. The first-order valence-electron chi connectivity index (χ1n) is 10.7. The average molecular weight is 557 g/mol. The first kappa shape index (κ1) is 24.3. The van der Waals surface area contributed by atoms with Gasteiger partial charge >= 0.3 is 0 Å². The Kier molecular flexibility index (Phi) is 6.97. The van der Waals surface area contributed by atoms with Crippen molar-refractivity contribution in [1.82, 2.24) is 21.4 Å². The molecule has 0 radical (unpaired) electrons. The van der Waals surface area contributed by atoms with Crippen LogP contribution in [0.5, 0.6) is 0 Å². The smallest absolute Gasteiger partial charge is 0.103 e. The summed E-state index contributed by atoms with van der Waals surface area (Å²) in [4.78, 5) is 4.42. The first-order chi connectivity index (χ1) is 17.4. The number of nitriles is 1. The van der Waals surface area contributed by atoms with Crippen molar-refractivity contribution in [2.45, 2.75) is 6.04 Å². The Hall–Kier alpha value is -3.38. The molecule has 3 aromatic carbocycles. The Bertz CT molecular complexity index is 1530. The molecular formula is C25H17Cl4N7. The van der Waals surface area contributed by atoms with Crippen molar-refractivity contribution in [2.24, 2.45) is 0 Å².